The number of ether oxygens (including phenoxy) is 1. The predicted octanol–water partition coefficient (Wildman–Crippen LogP) is 2.36. The molecule has 6 heteroatoms. The number of methoxy groups -OCH3 is 1. The fourth-order valence-electron chi connectivity index (χ4n) is 1.88. The van der Waals surface area contributed by atoms with Crippen LogP contribution in [-0.4, -0.2) is 30.9 Å². The Kier molecular flexibility index (Phi) is 6.24. The number of amides is 2. The van der Waals surface area contributed by atoms with Gasteiger partial charge in [-0.3, -0.25) is 0 Å². The highest BCUT2D eigenvalue weighted by Gasteiger charge is 2.11. The van der Waals surface area contributed by atoms with Crippen LogP contribution in [0.15, 0.2) is 18.2 Å². The topological polar surface area (TPSA) is 70.6 Å². The molecule has 0 aliphatic carbocycles. The van der Waals surface area contributed by atoms with Crippen LogP contribution in [-0.2, 0) is 0 Å². The molecule has 20 heavy (non-hydrogen) atoms. The molecule has 0 spiro atoms. The number of carbonyl (C=O) groups excluding carboxylic acids is 1. The van der Waals surface area contributed by atoms with Crippen molar-refractivity contribution in [1.82, 2.24) is 5.32 Å². The van der Waals surface area contributed by atoms with Gasteiger partial charge in [0.05, 0.1) is 18.9 Å². The third-order valence-electron chi connectivity index (χ3n) is 2.76. The zero-order chi connectivity index (χ0) is 15.1. The van der Waals surface area contributed by atoms with Crippen LogP contribution in [0.2, 0.25) is 0 Å². The monoisotopic (exact) mass is 284 g/mol. The van der Waals surface area contributed by atoms with E-state index in [1.165, 1.54) is 25.3 Å². The summed E-state index contributed by atoms with van der Waals surface area (Å²) in [6, 6.07) is 3.46. The van der Waals surface area contributed by atoms with Gasteiger partial charge in [-0.25, -0.2) is 9.18 Å². The minimum atomic E-state index is -0.455. The highest BCUT2D eigenvalue weighted by Crippen LogP contribution is 2.24. The third-order valence-corrected chi connectivity index (χ3v) is 2.76. The molecule has 0 saturated heterocycles. The molecule has 1 rings (SSSR count). The number of rotatable bonds is 6. The lowest BCUT2D eigenvalue weighted by molar-refractivity contribution is 0.163. The van der Waals surface area contributed by atoms with Crippen molar-refractivity contribution in [2.75, 3.05) is 19.0 Å². The SMILES string of the molecule is COc1ccc(F)cc1NC(=O)NCC(C)CC(C)O. The molecule has 1 aromatic rings. The number of aliphatic hydroxyl groups is 1. The highest BCUT2D eigenvalue weighted by molar-refractivity contribution is 5.90. The molecular formula is C14H21FN2O3. The number of halogens is 1. The predicted molar refractivity (Wildman–Crippen MR) is 75.4 cm³/mol. The first-order chi connectivity index (χ1) is 9.42. The van der Waals surface area contributed by atoms with Crippen molar-refractivity contribution in [2.45, 2.75) is 26.4 Å². The van der Waals surface area contributed by atoms with Crippen LogP contribution in [0.1, 0.15) is 20.3 Å². The highest BCUT2D eigenvalue weighted by atomic mass is 19.1. The first-order valence-corrected chi connectivity index (χ1v) is 6.48. The molecule has 0 radical (unpaired) electrons. The Morgan fingerprint density at radius 1 is 1.45 bits per heavy atom. The molecule has 2 amide bonds. The number of nitrogens with one attached hydrogen (secondary N) is 2. The Morgan fingerprint density at radius 2 is 2.15 bits per heavy atom. The normalized spacial score (nSPS) is 13.4. The molecule has 3 N–H and O–H groups in total. The van der Waals surface area contributed by atoms with Crippen molar-refractivity contribution >= 4 is 11.7 Å². The van der Waals surface area contributed by atoms with Gasteiger partial charge >= 0.3 is 6.03 Å². The lowest BCUT2D eigenvalue weighted by Crippen LogP contribution is -2.33. The van der Waals surface area contributed by atoms with E-state index in [-0.39, 0.29) is 11.6 Å². The summed E-state index contributed by atoms with van der Waals surface area (Å²) >= 11 is 0. The second-order valence-electron chi connectivity index (χ2n) is 4.87. The third kappa shape index (κ3) is 5.44. The molecule has 5 nitrogen and oxygen atoms in total. The Bertz CT molecular complexity index is 452. The lowest BCUT2D eigenvalue weighted by Gasteiger charge is -2.15. The van der Waals surface area contributed by atoms with E-state index in [1.807, 2.05) is 6.92 Å². The van der Waals surface area contributed by atoms with Gasteiger partial charge in [0.2, 0.25) is 0 Å². The summed E-state index contributed by atoms with van der Waals surface area (Å²) in [6.07, 6.45) is 0.196. The van der Waals surface area contributed by atoms with E-state index < -0.39 is 18.0 Å². The van der Waals surface area contributed by atoms with Gasteiger partial charge in [0.15, 0.2) is 0 Å². The van der Waals surface area contributed by atoms with E-state index >= 15 is 0 Å². The summed E-state index contributed by atoms with van der Waals surface area (Å²) in [5.41, 5.74) is 0.271. The molecule has 0 fully saturated rings. The van der Waals surface area contributed by atoms with Gasteiger partial charge in [-0.2, -0.15) is 0 Å². The molecule has 2 atom stereocenters. The van der Waals surface area contributed by atoms with Gasteiger partial charge in [0.25, 0.3) is 0 Å². The van der Waals surface area contributed by atoms with E-state index in [4.69, 9.17) is 4.74 Å². The summed E-state index contributed by atoms with van der Waals surface area (Å²) in [5, 5.41) is 14.4. The Labute approximate surface area is 118 Å². The molecule has 0 aromatic heterocycles. The van der Waals surface area contributed by atoms with E-state index in [1.54, 1.807) is 6.92 Å². The van der Waals surface area contributed by atoms with Gasteiger partial charge in [0.1, 0.15) is 11.6 Å². The summed E-state index contributed by atoms with van der Waals surface area (Å²) in [4.78, 5) is 11.7. The van der Waals surface area contributed by atoms with Crippen molar-refractivity contribution in [3.05, 3.63) is 24.0 Å². The average molecular weight is 284 g/mol. The molecule has 2 unspecified atom stereocenters. The second-order valence-corrected chi connectivity index (χ2v) is 4.87. The molecule has 0 bridgehead atoms. The lowest BCUT2D eigenvalue weighted by atomic mass is 10.1. The zero-order valence-corrected chi connectivity index (χ0v) is 11.9. The fraction of sp³-hybridized carbons (Fsp3) is 0.500. The Morgan fingerprint density at radius 3 is 2.75 bits per heavy atom. The second kappa shape index (κ2) is 7.69. The van der Waals surface area contributed by atoms with Gasteiger partial charge in [0, 0.05) is 12.6 Å². The first-order valence-electron chi connectivity index (χ1n) is 6.48. The number of urea groups is 1. The summed E-state index contributed by atoms with van der Waals surface area (Å²) < 4.78 is 18.2. The molecule has 112 valence electrons. The summed E-state index contributed by atoms with van der Waals surface area (Å²) in [5.74, 6) is 0.0808. The van der Waals surface area contributed by atoms with Crippen LogP contribution in [0.4, 0.5) is 14.9 Å². The summed E-state index contributed by atoms with van der Waals surface area (Å²) in [6.45, 7) is 4.05. The Hall–Kier alpha value is -1.82. The summed E-state index contributed by atoms with van der Waals surface area (Å²) in [7, 11) is 1.45. The van der Waals surface area contributed by atoms with Gasteiger partial charge < -0.3 is 20.5 Å². The van der Waals surface area contributed by atoms with Crippen molar-refractivity contribution in [3.63, 3.8) is 0 Å². The number of aliphatic hydroxyl groups excluding tert-OH is 1. The number of benzene rings is 1. The smallest absolute Gasteiger partial charge is 0.319 e. The number of anilines is 1. The van der Waals surface area contributed by atoms with Crippen LogP contribution in [0, 0.1) is 11.7 Å². The van der Waals surface area contributed by atoms with Crippen LogP contribution in [0.5, 0.6) is 5.75 Å². The first kappa shape index (κ1) is 16.2. The van der Waals surface area contributed by atoms with E-state index in [0.717, 1.165) is 0 Å². The maximum atomic E-state index is 13.1. The van der Waals surface area contributed by atoms with E-state index in [0.29, 0.717) is 18.7 Å². The maximum absolute atomic E-state index is 13.1. The molecule has 0 saturated carbocycles. The quantitative estimate of drug-likeness (QED) is 0.751. The van der Waals surface area contributed by atoms with E-state index in [2.05, 4.69) is 10.6 Å². The van der Waals surface area contributed by atoms with Crippen molar-refractivity contribution in [2.24, 2.45) is 5.92 Å². The standard InChI is InChI=1S/C14H21FN2O3/c1-9(6-10(2)18)8-16-14(19)17-12-7-11(15)4-5-13(12)20-3/h4-5,7,9-10,18H,6,8H2,1-3H3,(H2,16,17,19). The zero-order valence-electron chi connectivity index (χ0n) is 11.9. The molecule has 0 aliphatic heterocycles. The van der Waals surface area contributed by atoms with Crippen LogP contribution in [0.3, 0.4) is 0 Å². The molecule has 1 aromatic carbocycles. The maximum Gasteiger partial charge on any atom is 0.319 e. The molecule has 0 aliphatic rings. The average Bonchev–Trinajstić information content (AvgIpc) is 2.36. The van der Waals surface area contributed by atoms with Crippen molar-refractivity contribution < 1.29 is 19.0 Å². The van der Waals surface area contributed by atoms with Gasteiger partial charge in [-0.05, 0) is 31.4 Å². The van der Waals surface area contributed by atoms with Crippen LogP contribution < -0.4 is 15.4 Å². The van der Waals surface area contributed by atoms with Crippen LogP contribution in [0.25, 0.3) is 0 Å². The fourth-order valence-corrected chi connectivity index (χ4v) is 1.88. The van der Waals surface area contributed by atoms with Crippen LogP contribution >= 0.6 is 0 Å². The largest absolute Gasteiger partial charge is 0.495 e. The molecular weight excluding hydrogens is 263 g/mol. The number of hydrogen-bond donors (Lipinski definition) is 3. The van der Waals surface area contributed by atoms with E-state index in [9.17, 15) is 14.3 Å². The Balaban J connectivity index is 2.52. The van der Waals surface area contributed by atoms with Gasteiger partial charge in [-0.15, -0.1) is 0 Å². The minimum Gasteiger partial charge on any atom is -0.495 e. The van der Waals surface area contributed by atoms with Gasteiger partial charge in [-0.1, -0.05) is 6.92 Å². The number of hydrogen-bond acceptors (Lipinski definition) is 3. The number of carbonyl (C=O) groups is 1. The van der Waals surface area contributed by atoms with Crippen molar-refractivity contribution in [1.29, 1.82) is 0 Å². The molecule has 0 heterocycles. The minimum absolute atomic E-state index is 0.148. The van der Waals surface area contributed by atoms with Crippen molar-refractivity contribution in [3.8, 4) is 5.75 Å².